The smallest absolute Gasteiger partial charge is 0.352 e. The maximum absolute atomic E-state index is 12.4. The van der Waals surface area contributed by atoms with E-state index in [0.29, 0.717) is 12.0 Å². The van der Waals surface area contributed by atoms with Crippen LogP contribution in [-0.4, -0.2) is 29.4 Å². The number of carboxylic acids is 1. The fourth-order valence-corrected chi connectivity index (χ4v) is 3.15. The highest BCUT2D eigenvalue weighted by molar-refractivity contribution is 7.19. The minimum atomic E-state index is -1.10. The number of rotatable bonds is 4. The first-order valence-electron chi connectivity index (χ1n) is 5.83. The summed E-state index contributed by atoms with van der Waals surface area (Å²) in [6.45, 7) is 4.35. The first-order valence-corrected chi connectivity index (χ1v) is 6.64. The normalized spacial score (nSPS) is 11.1. The standard InChI is InChI=1S/C13H15NO4S/c1-7-8(2)19-10-6-9(13(16)17)14(4-5-18-3)12(15)11(7)10/h6H,4-5H2,1-3H3,(H,16,17). The van der Waals surface area contributed by atoms with Crippen LogP contribution < -0.4 is 5.56 Å². The quantitative estimate of drug-likeness (QED) is 0.931. The molecule has 0 aliphatic carbocycles. The molecule has 6 heteroatoms. The molecule has 0 aliphatic rings. The summed E-state index contributed by atoms with van der Waals surface area (Å²) in [5.41, 5.74) is 0.678. The number of carbonyl (C=O) groups is 1. The van der Waals surface area contributed by atoms with Gasteiger partial charge in [-0.25, -0.2) is 4.79 Å². The molecule has 0 saturated heterocycles. The van der Waals surface area contributed by atoms with Gasteiger partial charge in [0.1, 0.15) is 5.69 Å². The van der Waals surface area contributed by atoms with E-state index in [0.717, 1.165) is 15.1 Å². The SMILES string of the molecule is COCCn1c(C(=O)O)cc2sc(C)c(C)c2c1=O. The van der Waals surface area contributed by atoms with Crippen LogP contribution in [0.1, 0.15) is 20.9 Å². The first kappa shape index (κ1) is 13.8. The van der Waals surface area contributed by atoms with Crippen LogP contribution in [0.5, 0.6) is 0 Å². The monoisotopic (exact) mass is 281 g/mol. The number of fused-ring (bicyclic) bond motifs is 1. The Labute approximate surface area is 114 Å². The van der Waals surface area contributed by atoms with Crippen molar-refractivity contribution >= 4 is 27.4 Å². The number of nitrogens with zero attached hydrogens (tertiary/aromatic N) is 1. The number of hydrogen-bond acceptors (Lipinski definition) is 4. The van der Waals surface area contributed by atoms with E-state index >= 15 is 0 Å². The zero-order chi connectivity index (χ0) is 14.2. The van der Waals surface area contributed by atoms with Crippen molar-refractivity contribution < 1.29 is 14.6 Å². The van der Waals surface area contributed by atoms with Crippen molar-refractivity contribution in [3.05, 3.63) is 32.6 Å². The molecule has 0 fully saturated rings. The van der Waals surface area contributed by atoms with Gasteiger partial charge in [-0.2, -0.15) is 0 Å². The summed E-state index contributed by atoms with van der Waals surface area (Å²) in [6.07, 6.45) is 0. The zero-order valence-electron chi connectivity index (χ0n) is 11.0. The lowest BCUT2D eigenvalue weighted by atomic mass is 10.2. The molecule has 102 valence electrons. The van der Waals surface area contributed by atoms with Gasteiger partial charge in [0.05, 0.1) is 12.0 Å². The summed E-state index contributed by atoms with van der Waals surface area (Å²) in [4.78, 5) is 24.8. The van der Waals surface area contributed by atoms with Crippen LogP contribution in [0.3, 0.4) is 0 Å². The summed E-state index contributed by atoms with van der Waals surface area (Å²) in [7, 11) is 1.52. The van der Waals surface area contributed by atoms with E-state index in [-0.39, 0.29) is 17.8 Å². The van der Waals surface area contributed by atoms with Crippen LogP contribution in [0.4, 0.5) is 0 Å². The van der Waals surface area contributed by atoms with Crippen molar-refractivity contribution in [2.45, 2.75) is 20.4 Å². The average molecular weight is 281 g/mol. The molecular weight excluding hydrogens is 266 g/mol. The number of aryl methyl sites for hydroxylation is 2. The van der Waals surface area contributed by atoms with Crippen LogP contribution >= 0.6 is 11.3 Å². The zero-order valence-corrected chi connectivity index (χ0v) is 11.8. The highest BCUT2D eigenvalue weighted by atomic mass is 32.1. The predicted molar refractivity (Wildman–Crippen MR) is 74.4 cm³/mol. The van der Waals surface area contributed by atoms with Crippen LogP contribution in [0.15, 0.2) is 10.9 Å². The lowest BCUT2D eigenvalue weighted by Crippen LogP contribution is -2.27. The molecule has 19 heavy (non-hydrogen) atoms. The number of aromatic nitrogens is 1. The van der Waals surface area contributed by atoms with E-state index < -0.39 is 5.97 Å². The molecule has 2 rings (SSSR count). The fourth-order valence-electron chi connectivity index (χ4n) is 2.05. The molecule has 0 saturated carbocycles. The van der Waals surface area contributed by atoms with Crippen molar-refractivity contribution in [1.82, 2.24) is 4.57 Å². The number of pyridine rings is 1. The van der Waals surface area contributed by atoms with Crippen LogP contribution in [-0.2, 0) is 11.3 Å². The largest absolute Gasteiger partial charge is 0.477 e. The summed E-state index contributed by atoms with van der Waals surface area (Å²) in [5, 5.41) is 9.84. The van der Waals surface area contributed by atoms with Crippen molar-refractivity contribution in [3.63, 3.8) is 0 Å². The topological polar surface area (TPSA) is 68.5 Å². The lowest BCUT2D eigenvalue weighted by Gasteiger charge is -2.09. The van der Waals surface area contributed by atoms with E-state index in [4.69, 9.17) is 4.74 Å². The molecule has 2 aromatic rings. The highest BCUT2D eigenvalue weighted by Crippen LogP contribution is 2.28. The van der Waals surface area contributed by atoms with Gasteiger partial charge < -0.3 is 9.84 Å². The van der Waals surface area contributed by atoms with Gasteiger partial charge in [0.2, 0.25) is 0 Å². The van der Waals surface area contributed by atoms with Crippen LogP contribution in [0.25, 0.3) is 10.1 Å². The van der Waals surface area contributed by atoms with E-state index in [1.165, 1.54) is 23.0 Å². The van der Waals surface area contributed by atoms with Crippen molar-refractivity contribution in [2.75, 3.05) is 13.7 Å². The molecule has 5 nitrogen and oxygen atoms in total. The summed E-state index contributed by atoms with van der Waals surface area (Å²) >= 11 is 1.45. The second-order valence-electron chi connectivity index (χ2n) is 4.31. The third-order valence-electron chi connectivity index (χ3n) is 3.17. The van der Waals surface area contributed by atoms with Crippen molar-refractivity contribution in [3.8, 4) is 0 Å². The maximum Gasteiger partial charge on any atom is 0.352 e. The van der Waals surface area contributed by atoms with Crippen LogP contribution in [0, 0.1) is 13.8 Å². The van der Waals surface area contributed by atoms with E-state index in [1.807, 2.05) is 13.8 Å². The number of aromatic carboxylic acids is 1. The van der Waals surface area contributed by atoms with Gasteiger partial charge in [-0.15, -0.1) is 11.3 Å². The van der Waals surface area contributed by atoms with Gasteiger partial charge in [-0.1, -0.05) is 0 Å². The first-order chi connectivity index (χ1) is 8.97. The molecule has 0 aliphatic heterocycles. The van der Waals surface area contributed by atoms with E-state index in [2.05, 4.69) is 0 Å². The Morgan fingerprint density at radius 1 is 1.47 bits per heavy atom. The van der Waals surface area contributed by atoms with Gasteiger partial charge >= 0.3 is 5.97 Å². The van der Waals surface area contributed by atoms with Crippen molar-refractivity contribution in [2.24, 2.45) is 0 Å². The molecule has 0 amide bonds. The number of hydrogen-bond donors (Lipinski definition) is 1. The fraction of sp³-hybridized carbons (Fsp3) is 0.385. The summed E-state index contributed by atoms with van der Waals surface area (Å²) < 4.78 is 6.93. The minimum absolute atomic E-state index is 0.0100. The molecule has 0 atom stereocenters. The third-order valence-corrected chi connectivity index (χ3v) is 4.32. The second kappa shape index (κ2) is 5.14. The Balaban J connectivity index is 2.78. The molecule has 1 N–H and O–H groups in total. The lowest BCUT2D eigenvalue weighted by molar-refractivity contribution is 0.0681. The molecule has 0 radical (unpaired) electrons. The Hall–Kier alpha value is -1.66. The third kappa shape index (κ3) is 2.29. The average Bonchev–Trinajstić information content (AvgIpc) is 2.64. The maximum atomic E-state index is 12.4. The number of thiophene rings is 1. The second-order valence-corrected chi connectivity index (χ2v) is 5.56. The van der Waals surface area contributed by atoms with E-state index in [9.17, 15) is 14.7 Å². The summed E-state index contributed by atoms with van der Waals surface area (Å²) in [6, 6.07) is 1.57. The van der Waals surface area contributed by atoms with Gasteiger partial charge in [0.15, 0.2) is 0 Å². The molecular formula is C13H15NO4S. The molecule has 0 unspecified atom stereocenters. The number of ether oxygens (including phenoxy) is 1. The highest BCUT2D eigenvalue weighted by Gasteiger charge is 2.18. The molecule has 2 heterocycles. The van der Waals surface area contributed by atoms with Crippen LogP contribution in [0.2, 0.25) is 0 Å². The van der Waals surface area contributed by atoms with Gasteiger partial charge in [0.25, 0.3) is 5.56 Å². The van der Waals surface area contributed by atoms with Crippen molar-refractivity contribution in [1.29, 1.82) is 0 Å². The van der Waals surface area contributed by atoms with Gasteiger partial charge in [-0.3, -0.25) is 9.36 Å². The molecule has 0 bridgehead atoms. The van der Waals surface area contributed by atoms with Gasteiger partial charge in [-0.05, 0) is 25.5 Å². The molecule has 0 aromatic carbocycles. The molecule has 0 spiro atoms. The van der Waals surface area contributed by atoms with Gasteiger partial charge in [0, 0.05) is 23.2 Å². The Morgan fingerprint density at radius 2 is 2.16 bits per heavy atom. The molecule has 2 aromatic heterocycles. The predicted octanol–water partition coefficient (Wildman–Crippen LogP) is 2.02. The minimum Gasteiger partial charge on any atom is -0.477 e. The Bertz CT molecular complexity index is 699. The number of methoxy groups -OCH3 is 1. The number of carboxylic acid groups (broad SMARTS) is 1. The summed E-state index contributed by atoms with van der Waals surface area (Å²) in [5.74, 6) is -1.10. The Morgan fingerprint density at radius 3 is 2.74 bits per heavy atom. The van der Waals surface area contributed by atoms with E-state index in [1.54, 1.807) is 6.07 Å². The Kier molecular flexibility index (Phi) is 3.73.